The smallest absolute Gasteiger partial charge is 0.223 e. The van der Waals surface area contributed by atoms with Crippen molar-refractivity contribution in [2.45, 2.75) is 38.5 Å². The standard InChI is InChI=1S/C14H22BrNO/c15-6-2-1-3-7-16-14(17)13-11-9-4-5-10(8-9)12(11)13/h9-13H,1-8H2,(H,16,17). The quantitative estimate of drug-likeness (QED) is 0.593. The molecule has 3 rings (SSSR count). The first-order chi connectivity index (χ1) is 8.33. The molecule has 2 nitrogen and oxygen atoms in total. The van der Waals surface area contributed by atoms with Crippen molar-refractivity contribution in [3.63, 3.8) is 0 Å². The van der Waals surface area contributed by atoms with Crippen molar-refractivity contribution in [3.8, 4) is 0 Å². The van der Waals surface area contributed by atoms with Gasteiger partial charge in [0, 0.05) is 17.8 Å². The van der Waals surface area contributed by atoms with Gasteiger partial charge in [-0.25, -0.2) is 0 Å². The number of hydrogen-bond acceptors (Lipinski definition) is 1. The highest BCUT2D eigenvalue weighted by Crippen LogP contribution is 2.69. The van der Waals surface area contributed by atoms with Crippen molar-refractivity contribution in [1.82, 2.24) is 5.32 Å². The fourth-order valence-corrected chi connectivity index (χ4v) is 4.80. The van der Waals surface area contributed by atoms with E-state index >= 15 is 0 Å². The van der Waals surface area contributed by atoms with Gasteiger partial charge in [0.05, 0.1) is 0 Å². The molecule has 0 heterocycles. The normalized spacial score (nSPS) is 41.4. The number of carbonyl (C=O) groups excluding carboxylic acids is 1. The highest BCUT2D eigenvalue weighted by molar-refractivity contribution is 9.09. The van der Waals surface area contributed by atoms with Gasteiger partial charge >= 0.3 is 0 Å². The molecule has 17 heavy (non-hydrogen) atoms. The molecule has 3 aliphatic rings. The average Bonchev–Trinajstić information content (AvgIpc) is 2.78. The largest absolute Gasteiger partial charge is 0.356 e. The summed E-state index contributed by atoms with van der Waals surface area (Å²) in [6.45, 7) is 0.886. The number of nitrogens with one attached hydrogen (secondary N) is 1. The number of unbranched alkanes of at least 4 members (excludes halogenated alkanes) is 2. The topological polar surface area (TPSA) is 29.1 Å². The second-order valence-electron chi connectivity index (χ2n) is 6.05. The van der Waals surface area contributed by atoms with E-state index in [1.807, 2.05) is 0 Å². The van der Waals surface area contributed by atoms with Crippen LogP contribution in [0.1, 0.15) is 38.5 Å². The summed E-state index contributed by atoms with van der Waals surface area (Å²) < 4.78 is 0. The lowest BCUT2D eigenvalue weighted by Gasteiger charge is -2.09. The zero-order chi connectivity index (χ0) is 11.8. The summed E-state index contributed by atoms with van der Waals surface area (Å²) >= 11 is 3.43. The van der Waals surface area contributed by atoms with E-state index in [4.69, 9.17) is 0 Å². The van der Waals surface area contributed by atoms with Crippen molar-refractivity contribution in [3.05, 3.63) is 0 Å². The molecule has 2 bridgehead atoms. The summed E-state index contributed by atoms with van der Waals surface area (Å²) in [5.74, 6) is 4.18. The summed E-state index contributed by atoms with van der Waals surface area (Å²) in [7, 11) is 0. The van der Waals surface area contributed by atoms with Crippen molar-refractivity contribution in [2.24, 2.45) is 29.6 Å². The van der Waals surface area contributed by atoms with Crippen molar-refractivity contribution < 1.29 is 4.79 Å². The van der Waals surface area contributed by atoms with Crippen molar-refractivity contribution in [1.29, 1.82) is 0 Å². The minimum Gasteiger partial charge on any atom is -0.356 e. The van der Waals surface area contributed by atoms with Crippen molar-refractivity contribution >= 4 is 21.8 Å². The van der Waals surface area contributed by atoms with E-state index in [1.165, 1.54) is 32.1 Å². The molecule has 0 aliphatic heterocycles. The molecule has 96 valence electrons. The third kappa shape index (κ3) is 2.16. The predicted molar refractivity (Wildman–Crippen MR) is 72.0 cm³/mol. The molecule has 1 N–H and O–H groups in total. The van der Waals surface area contributed by atoms with Crippen LogP contribution < -0.4 is 5.32 Å². The summed E-state index contributed by atoms with van der Waals surface area (Å²) in [5, 5.41) is 4.23. The summed E-state index contributed by atoms with van der Waals surface area (Å²) in [6.07, 6.45) is 7.81. The van der Waals surface area contributed by atoms with Gasteiger partial charge in [-0.3, -0.25) is 4.79 Å². The average molecular weight is 300 g/mol. The molecule has 0 radical (unpaired) electrons. The minimum atomic E-state index is 0.371. The second kappa shape index (κ2) is 4.91. The monoisotopic (exact) mass is 299 g/mol. The first kappa shape index (κ1) is 12.0. The van der Waals surface area contributed by atoms with Gasteiger partial charge in [0.2, 0.25) is 5.91 Å². The van der Waals surface area contributed by atoms with Crippen LogP contribution >= 0.6 is 15.9 Å². The number of amides is 1. The van der Waals surface area contributed by atoms with Crippen LogP contribution in [0.2, 0.25) is 0 Å². The molecule has 0 aromatic carbocycles. The number of halogens is 1. The lowest BCUT2D eigenvalue weighted by Crippen LogP contribution is -2.28. The van der Waals surface area contributed by atoms with Gasteiger partial charge < -0.3 is 5.32 Å². The Labute approximate surface area is 112 Å². The highest BCUT2D eigenvalue weighted by atomic mass is 79.9. The molecule has 3 aliphatic carbocycles. The molecule has 3 saturated carbocycles. The highest BCUT2D eigenvalue weighted by Gasteiger charge is 2.67. The molecule has 4 unspecified atom stereocenters. The van der Waals surface area contributed by atoms with E-state index in [0.717, 1.165) is 42.0 Å². The van der Waals surface area contributed by atoms with Gasteiger partial charge in [-0.2, -0.15) is 0 Å². The van der Waals surface area contributed by atoms with Gasteiger partial charge in [0.25, 0.3) is 0 Å². The van der Waals surface area contributed by atoms with E-state index in [0.29, 0.717) is 11.8 Å². The Balaban J connectivity index is 1.38. The predicted octanol–water partition coefficient (Wildman–Crippen LogP) is 2.96. The molecule has 4 atom stereocenters. The number of rotatable bonds is 6. The van der Waals surface area contributed by atoms with Gasteiger partial charge in [-0.15, -0.1) is 0 Å². The lowest BCUT2D eigenvalue weighted by atomic mass is 10.0. The maximum absolute atomic E-state index is 12.1. The van der Waals surface area contributed by atoms with Crippen LogP contribution in [0.5, 0.6) is 0 Å². The third-order valence-electron chi connectivity index (χ3n) is 5.15. The van der Waals surface area contributed by atoms with Crippen LogP contribution in [0.3, 0.4) is 0 Å². The number of carbonyl (C=O) groups is 1. The molecule has 1 amide bonds. The summed E-state index contributed by atoms with van der Waals surface area (Å²) in [5.41, 5.74) is 0. The second-order valence-corrected chi connectivity index (χ2v) is 6.85. The maximum atomic E-state index is 12.1. The van der Waals surface area contributed by atoms with Crippen LogP contribution in [-0.2, 0) is 4.79 Å². The van der Waals surface area contributed by atoms with Gasteiger partial charge in [-0.1, -0.05) is 22.4 Å². The zero-order valence-electron chi connectivity index (χ0n) is 10.3. The fraction of sp³-hybridized carbons (Fsp3) is 0.929. The van der Waals surface area contributed by atoms with Crippen LogP contribution in [-0.4, -0.2) is 17.8 Å². The van der Waals surface area contributed by atoms with E-state index in [2.05, 4.69) is 21.2 Å². The lowest BCUT2D eigenvalue weighted by molar-refractivity contribution is -0.123. The Hall–Kier alpha value is -0.0500. The third-order valence-corrected chi connectivity index (χ3v) is 5.71. The number of hydrogen-bond donors (Lipinski definition) is 1. The molecular weight excluding hydrogens is 278 g/mol. The van der Waals surface area contributed by atoms with E-state index < -0.39 is 0 Å². The molecule has 0 saturated heterocycles. The first-order valence-corrected chi connectivity index (χ1v) is 8.28. The van der Waals surface area contributed by atoms with Crippen LogP contribution in [0.25, 0.3) is 0 Å². The molecule has 0 spiro atoms. The van der Waals surface area contributed by atoms with E-state index in [9.17, 15) is 4.79 Å². The fourth-order valence-electron chi connectivity index (χ4n) is 4.40. The van der Waals surface area contributed by atoms with Crippen molar-refractivity contribution in [2.75, 3.05) is 11.9 Å². The Bertz CT molecular complexity index is 291. The first-order valence-electron chi connectivity index (χ1n) is 7.16. The van der Waals surface area contributed by atoms with E-state index in [-0.39, 0.29) is 0 Å². The van der Waals surface area contributed by atoms with Crippen LogP contribution in [0.15, 0.2) is 0 Å². The Kier molecular flexibility index (Phi) is 3.47. The summed E-state index contributed by atoms with van der Waals surface area (Å²) in [4.78, 5) is 12.1. The van der Waals surface area contributed by atoms with Crippen LogP contribution in [0.4, 0.5) is 0 Å². The number of alkyl halides is 1. The Morgan fingerprint density at radius 1 is 1.12 bits per heavy atom. The van der Waals surface area contributed by atoms with Gasteiger partial charge in [-0.05, 0) is 55.8 Å². The van der Waals surface area contributed by atoms with E-state index in [1.54, 1.807) is 0 Å². The summed E-state index contributed by atoms with van der Waals surface area (Å²) in [6, 6.07) is 0. The zero-order valence-corrected chi connectivity index (χ0v) is 11.9. The van der Waals surface area contributed by atoms with Gasteiger partial charge in [0.15, 0.2) is 0 Å². The minimum absolute atomic E-state index is 0.371. The SMILES string of the molecule is O=C(NCCCCCBr)C1C2C3CCC(C3)C12. The molecule has 3 heteroatoms. The Morgan fingerprint density at radius 3 is 2.47 bits per heavy atom. The number of fused-ring (bicyclic) bond motifs is 5. The van der Waals surface area contributed by atoms with Crippen LogP contribution in [0, 0.1) is 29.6 Å². The Morgan fingerprint density at radius 2 is 1.82 bits per heavy atom. The molecule has 0 aromatic rings. The molecular formula is C14H22BrNO. The molecule has 0 aromatic heterocycles. The maximum Gasteiger partial charge on any atom is 0.223 e. The van der Waals surface area contributed by atoms with Gasteiger partial charge in [0.1, 0.15) is 0 Å². The molecule has 3 fully saturated rings.